The predicted molar refractivity (Wildman–Crippen MR) is 80.6 cm³/mol. The van der Waals surface area contributed by atoms with E-state index in [0.29, 0.717) is 8.78 Å². The summed E-state index contributed by atoms with van der Waals surface area (Å²) in [5.41, 5.74) is 1.32. The van der Waals surface area contributed by atoms with Gasteiger partial charge in [0.15, 0.2) is 0 Å². The molecule has 100 valence electrons. The van der Waals surface area contributed by atoms with Gasteiger partial charge in [-0.2, -0.15) is 0 Å². The number of fused-ring (bicyclic) bond motifs is 1. The van der Waals surface area contributed by atoms with Gasteiger partial charge in [0, 0.05) is 0 Å². The van der Waals surface area contributed by atoms with E-state index in [1.165, 1.54) is 9.17 Å². The van der Waals surface area contributed by atoms with Crippen molar-refractivity contribution in [3.8, 4) is 0 Å². The Kier molecular flexibility index (Phi) is 2.99. The standard InChI is InChI=1S/C16H19NOTe/c1-13-15-11-7-8-12-16(15)19(18,17(13,2)3)14-9-5-4-6-10-14/h4-13H,1-3H3/p+1/t13-/m1/s1. The van der Waals surface area contributed by atoms with Crippen LogP contribution in [0.4, 0.5) is 0 Å². The normalized spacial score (nSPS) is 31.5. The topological polar surface area (TPSA) is 20.2 Å². The first-order chi connectivity index (χ1) is 8.99. The summed E-state index contributed by atoms with van der Waals surface area (Å²) in [6, 6.07) is 19.1. The zero-order chi connectivity index (χ0) is 13.7. The summed E-state index contributed by atoms with van der Waals surface area (Å²) in [6.07, 6.45) is 0. The van der Waals surface area contributed by atoms with Gasteiger partial charge in [-0.05, 0) is 0 Å². The number of hydrogen-bond donors (Lipinski definition) is 1. The van der Waals surface area contributed by atoms with Gasteiger partial charge in [-0.25, -0.2) is 0 Å². The monoisotopic (exact) mass is 372 g/mol. The van der Waals surface area contributed by atoms with E-state index in [4.69, 9.17) is 0 Å². The fourth-order valence-corrected chi connectivity index (χ4v) is 12.2. The molecule has 1 aliphatic heterocycles. The van der Waals surface area contributed by atoms with E-state index in [9.17, 15) is 3.47 Å². The summed E-state index contributed by atoms with van der Waals surface area (Å²) in [5, 5.41) is 0. The zero-order valence-corrected chi connectivity index (χ0v) is 13.9. The van der Waals surface area contributed by atoms with Crippen molar-refractivity contribution in [3.05, 3.63) is 60.2 Å². The average Bonchev–Trinajstić information content (AvgIpc) is 2.60. The van der Waals surface area contributed by atoms with E-state index in [0.717, 1.165) is 3.61 Å². The van der Waals surface area contributed by atoms with Crippen LogP contribution < -0.4 is 7.22 Å². The molecular formula is C16H20NOTe+. The molecule has 3 rings (SSSR count). The Bertz CT molecular complexity index is 611. The summed E-state index contributed by atoms with van der Waals surface area (Å²) < 4.78 is 14.8. The number of hydrogen-bond acceptors (Lipinski definition) is 1. The summed E-state index contributed by atoms with van der Waals surface area (Å²) in [7, 11) is 4.36. The van der Waals surface area contributed by atoms with Gasteiger partial charge in [0.25, 0.3) is 0 Å². The molecule has 0 aliphatic carbocycles. The molecule has 1 N–H and O–H groups in total. The third kappa shape index (κ3) is 1.63. The van der Waals surface area contributed by atoms with Gasteiger partial charge in [-0.15, -0.1) is 0 Å². The molecule has 2 aromatic carbocycles. The molecule has 2 aromatic rings. The minimum atomic E-state index is -3.38. The summed E-state index contributed by atoms with van der Waals surface area (Å²) in [5.74, 6) is 0. The molecule has 2 atom stereocenters. The Morgan fingerprint density at radius 2 is 1.53 bits per heavy atom. The first-order valence-electron chi connectivity index (χ1n) is 6.53. The predicted octanol–water partition coefficient (Wildman–Crippen LogP) is 1.39. The second-order valence-electron chi connectivity index (χ2n) is 5.51. The van der Waals surface area contributed by atoms with Crippen LogP contribution in [-0.4, -0.2) is 39.2 Å². The summed E-state index contributed by atoms with van der Waals surface area (Å²) >= 11 is -3.38. The average molecular weight is 370 g/mol. The van der Waals surface area contributed by atoms with Crippen molar-refractivity contribution in [1.29, 1.82) is 0 Å². The molecule has 0 radical (unpaired) electrons. The first-order valence-corrected chi connectivity index (χ1v) is 10.9. The van der Waals surface area contributed by atoms with Crippen LogP contribution in [-0.2, 0) is 0 Å². The maximum absolute atomic E-state index is 11.7. The molecular weight excluding hydrogens is 350 g/mol. The van der Waals surface area contributed by atoms with Gasteiger partial charge >= 0.3 is 120 Å². The van der Waals surface area contributed by atoms with Gasteiger partial charge in [-0.1, -0.05) is 0 Å². The Hall–Kier alpha value is -0.850. The van der Waals surface area contributed by atoms with Crippen molar-refractivity contribution in [1.82, 2.24) is 0 Å². The number of rotatable bonds is 1. The molecule has 0 amide bonds. The number of nitrogens with zero attached hydrogens (tertiary/aromatic N) is 1. The minimum absolute atomic E-state index is 0.350. The van der Waals surface area contributed by atoms with Gasteiger partial charge in [0.2, 0.25) is 0 Å². The van der Waals surface area contributed by atoms with Crippen LogP contribution >= 0.6 is 0 Å². The molecule has 0 aromatic heterocycles. The van der Waals surface area contributed by atoms with E-state index in [1.54, 1.807) is 0 Å². The van der Waals surface area contributed by atoms with Crippen LogP contribution in [0.15, 0.2) is 54.6 Å². The zero-order valence-electron chi connectivity index (χ0n) is 11.6. The van der Waals surface area contributed by atoms with Crippen molar-refractivity contribution in [2.45, 2.75) is 13.0 Å². The van der Waals surface area contributed by atoms with E-state index >= 15 is 0 Å². The van der Waals surface area contributed by atoms with Crippen molar-refractivity contribution in [2.24, 2.45) is 0 Å². The Balaban J connectivity index is 2.31. The molecule has 1 unspecified atom stereocenters. The molecule has 0 spiro atoms. The van der Waals surface area contributed by atoms with E-state index in [2.05, 4.69) is 57.4 Å². The van der Waals surface area contributed by atoms with E-state index in [1.807, 2.05) is 18.2 Å². The van der Waals surface area contributed by atoms with Crippen molar-refractivity contribution >= 4 is 26.1 Å². The van der Waals surface area contributed by atoms with E-state index in [-0.39, 0.29) is 0 Å². The van der Waals surface area contributed by atoms with Crippen molar-refractivity contribution < 1.29 is 6.20 Å². The van der Waals surface area contributed by atoms with Crippen LogP contribution in [0, 0.1) is 0 Å². The second kappa shape index (κ2) is 4.33. The Labute approximate surface area is 119 Å². The number of benzene rings is 2. The van der Waals surface area contributed by atoms with Gasteiger partial charge in [-0.3, -0.25) is 0 Å². The molecule has 1 aliphatic rings. The van der Waals surface area contributed by atoms with Gasteiger partial charge in [0.05, 0.1) is 0 Å². The molecule has 19 heavy (non-hydrogen) atoms. The van der Waals surface area contributed by atoms with Crippen molar-refractivity contribution in [3.63, 3.8) is 0 Å². The molecule has 2 nitrogen and oxygen atoms in total. The molecule has 0 bridgehead atoms. The third-order valence-electron chi connectivity index (χ3n) is 4.36. The first kappa shape index (κ1) is 13.1. The summed E-state index contributed by atoms with van der Waals surface area (Å²) in [4.78, 5) is 0. The van der Waals surface area contributed by atoms with Crippen molar-refractivity contribution in [2.75, 3.05) is 14.1 Å². The molecule has 1 heterocycles. The Morgan fingerprint density at radius 1 is 0.947 bits per heavy atom. The Morgan fingerprint density at radius 3 is 2.21 bits per heavy atom. The number of quaternary nitrogens is 1. The van der Waals surface area contributed by atoms with Crippen LogP contribution in [0.25, 0.3) is 0 Å². The maximum atomic E-state index is 11.7. The van der Waals surface area contributed by atoms with Crippen LogP contribution in [0.1, 0.15) is 18.5 Å². The molecule has 0 saturated carbocycles. The van der Waals surface area contributed by atoms with E-state index < -0.39 is 18.9 Å². The quantitative estimate of drug-likeness (QED) is 0.753. The van der Waals surface area contributed by atoms with Crippen LogP contribution in [0.5, 0.6) is 0 Å². The molecule has 3 heteroatoms. The summed E-state index contributed by atoms with van der Waals surface area (Å²) in [6.45, 7) is 2.23. The second-order valence-corrected chi connectivity index (χ2v) is 13.9. The fraction of sp³-hybridized carbons (Fsp3) is 0.250. The molecule has 0 saturated heterocycles. The fourth-order valence-electron chi connectivity index (χ4n) is 2.91. The SMILES string of the molecule is C[C@@H]1c2ccccc2[Te](O)(c2ccccc2)[N+]1(C)C. The van der Waals surface area contributed by atoms with Gasteiger partial charge < -0.3 is 0 Å². The third-order valence-corrected chi connectivity index (χ3v) is 14.6. The molecule has 0 fully saturated rings. The van der Waals surface area contributed by atoms with Crippen LogP contribution in [0.2, 0.25) is 0 Å². The van der Waals surface area contributed by atoms with Crippen LogP contribution in [0.3, 0.4) is 0 Å². The van der Waals surface area contributed by atoms with Gasteiger partial charge in [0.1, 0.15) is 0 Å².